The number of ether oxygens (including phenoxy) is 1. The highest BCUT2D eigenvalue weighted by atomic mass is 16.5. The smallest absolute Gasteiger partial charge is 0.0729 e. The lowest BCUT2D eigenvalue weighted by atomic mass is 9.75. The fourth-order valence-electron chi connectivity index (χ4n) is 3.91. The van der Waals surface area contributed by atoms with Crippen LogP contribution in [0.2, 0.25) is 0 Å². The van der Waals surface area contributed by atoms with E-state index in [9.17, 15) is 0 Å². The molecule has 0 bridgehead atoms. The molecule has 0 amide bonds. The molecule has 4 atom stereocenters. The summed E-state index contributed by atoms with van der Waals surface area (Å²) in [5.74, 6) is 0.882. The number of nitrogens with one attached hydrogen (secondary N) is 1. The first-order valence-corrected chi connectivity index (χ1v) is 6.67. The van der Waals surface area contributed by atoms with Crippen molar-refractivity contribution in [3.8, 4) is 0 Å². The summed E-state index contributed by atoms with van der Waals surface area (Å²) >= 11 is 0. The highest BCUT2D eigenvalue weighted by molar-refractivity contribution is 5.01. The van der Waals surface area contributed by atoms with Crippen molar-refractivity contribution in [3.63, 3.8) is 0 Å². The fourth-order valence-corrected chi connectivity index (χ4v) is 3.91. The first-order chi connectivity index (χ1) is 7.27. The Hall–Kier alpha value is -0.0800. The maximum Gasteiger partial charge on any atom is 0.0729 e. The maximum atomic E-state index is 6.08. The summed E-state index contributed by atoms with van der Waals surface area (Å²) in [5, 5.41) is 3.94. The van der Waals surface area contributed by atoms with Gasteiger partial charge in [-0.2, -0.15) is 0 Å². The van der Waals surface area contributed by atoms with E-state index in [0.717, 1.165) is 12.5 Å². The van der Waals surface area contributed by atoms with Crippen LogP contribution in [0.4, 0.5) is 0 Å². The van der Waals surface area contributed by atoms with Crippen molar-refractivity contribution in [1.29, 1.82) is 0 Å². The Kier molecular flexibility index (Phi) is 2.52. The summed E-state index contributed by atoms with van der Waals surface area (Å²) in [6.07, 6.45) is 9.97. The maximum absolute atomic E-state index is 6.08. The van der Waals surface area contributed by atoms with E-state index in [1.807, 2.05) is 0 Å². The second-order valence-corrected chi connectivity index (χ2v) is 6.01. The molecule has 4 unspecified atom stereocenters. The molecule has 1 heterocycles. The topological polar surface area (TPSA) is 21.3 Å². The van der Waals surface area contributed by atoms with Gasteiger partial charge in [-0.15, -0.1) is 0 Å². The molecule has 1 N–H and O–H groups in total. The summed E-state index contributed by atoms with van der Waals surface area (Å²) in [6, 6.07) is 0.670. The first-order valence-electron chi connectivity index (χ1n) is 6.67. The van der Waals surface area contributed by atoms with Crippen molar-refractivity contribution in [1.82, 2.24) is 5.32 Å². The molecule has 0 aromatic carbocycles. The molecule has 1 saturated heterocycles. The molecule has 3 aliphatic rings. The van der Waals surface area contributed by atoms with E-state index in [2.05, 4.69) is 12.2 Å². The van der Waals surface area contributed by atoms with Gasteiger partial charge in [0.05, 0.1) is 12.7 Å². The van der Waals surface area contributed by atoms with Gasteiger partial charge in [-0.25, -0.2) is 0 Å². The predicted molar refractivity (Wildman–Crippen MR) is 60.9 cm³/mol. The molecule has 2 saturated carbocycles. The number of hydrogen-bond donors (Lipinski definition) is 1. The third-order valence-electron chi connectivity index (χ3n) is 4.61. The van der Waals surface area contributed by atoms with Crippen LogP contribution >= 0.6 is 0 Å². The second kappa shape index (κ2) is 3.74. The Morgan fingerprint density at radius 2 is 2.13 bits per heavy atom. The molecule has 3 fully saturated rings. The molecule has 1 aliphatic heterocycles. The van der Waals surface area contributed by atoms with E-state index in [1.54, 1.807) is 0 Å². The minimum atomic E-state index is 0.350. The Balaban J connectivity index is 1.71. The normalized spacial score (nSPS) is 50.6. The van der Waals surface area contributed by atoms with Crippen LogP contribution in [-0.2, 0) is 4.74 Å². The largest absolute Gasteiger partial charge is 0.375 e. The Morgan fingerprint density at radius 3 is 3.00 bits per heavy atom. The molecule has 0 aromatic rings. The van der Waals surface area contributed by atoms with Crippen LogP contribution in [0.25, 0.3) is 0 Å². The molecule has 3 rings (SSSR count). The zero-order valence-corrected chi connectivity index (χ0v) is 9.80. The zero-order valence-electron chi connectivity index (χ0n) is 9.80. The number of rotatable bonds is 0. The third-order valence-corrected chi connectivity index (χ3v) is 4.61. The molecular formula is C13H23NO. The van der Waals surface area contributed by atoms with Gasteiger partial charge >= 0.3 is 0 Å². The lowest BCUT2D eigenvalue weighted by Gasteiger charge is -2.47. The minimum absolute atomic E-state index is 0.350. The van der Waals surface area contributed by atoms with Gasteiger partial charge in [0.25, 0.3) is 0 Å². The molecular weight excluding hydrogens is 186 g/mol. The minimum Gasteiger partial charge on any atom is -0.375 e. The third kappa shape index (κ3) is 1.83. The van der Waals surface area contributed by atoms with Gasteiger partial charge in [-0.05, 0) is 38.0 Å². The molecule has 2 aliphatic carbocycles. The van der Waals surface area contributed by atoms with Crippen LogP contribution in [0, 0.1) is 5.92 Å². The van der Waals surface area contributed by atoms with Gasteiger partial charge in [0.15, 0.2) is 0 Å². The Bertz CT molecular complexity index is 243. The van der Waals surface area contributed by atoms with Gasteiger partial charge < -0.3 is 10.1 Å². The van der Waals surface area contributed by atoms with Crippen molar-refractivity contribution >= 4 is 0 Å². The predicted octanol–water partition coefficient (Wildman–Crippen LogP) is 2.48. The average molecular weight is 209 g/mol. The Morgan fingerprint density at radius 1 is 1.20 bits per heavy atom. The molecule has 0 aromatic heterocycles. The summed E-state index contributed by atoms with van der Waals surface area (Å²) in [6.45, 7) is 3.36. The molecule has 0 radical (unpaired) electrons. The SMILES string of the molecule is CC1CCCC2(COC3CCCC3N2)C1. The Labute approximate surface area is 92.8 Å². The lowest BCUT2D eigenvalue weighted by molar-refractivity contribution is -0.0673. The van der Waals surface area contributed by atoms with Crippen LogP contribution in [0.5, 0.6) is 0 Å². The first kappa shape index (κ1) is 10.1. The van der Waals surface area contributed by atoms with Crippen LogP contribution in [0.15, 0.2) is 0 Å². The van der Waals surface area contributed by atoms with Crippen molar-refractivity contribution in [3.05, 3.63) is 0 Å². The number of morpholine rings is 1. The quantitative estimate of drug-likeness (QED) is 0.662. The molecule has 1 spiro atoms. The van der Waals surface area contributed by atoms with E-state index in [1.165, 1.54) is 44.9 Å². The second-order valence-electron chi connectivity index (χ2n) is 6.01. The van der Waals surface area contributed by atoms with Gasteiger partial charge in [0.2, 0.25) is 0 Å². The summed E-state index contributed by atoms with van der Waals surface area (Å²) in [5.41, 5.74) is 0.350. The van der Waals surface area contributed by atoms with Crippen molar-refractivity contribution in [2.45, 2.75) is 69.6 Å². The van der Waals surface area contributed by atoms with Gasteiger partial charge in [0.1, 0.15) is 0 Å². The summed E-state index contributed by atoms with van der Waals surface area (Å²) < 4.78 is 6.08. The highest BCUT2D eigenvalue weighted by Gasteiger charge is 2.44. The van der Waals surface area contributed by atoms with Crippen LogP contribution < -0.4 is 5.32 Å². The standard InChI is InChI=1S/C13H23NO/c1-10-4-3-7-13(8-10)9-15-12-6-2-5-11(12)14-13/h10-12,14H,2-9H2,1H3. The number of fused-ring (bicyclic) bond motifs is 1. The van der Waals surface area contributed by atoms with Crippen molar-refractivity contribution in [2.24, 2.45) is 5.92 Å². The van der Waals surface area contributed by atoms with Gasteiger partial charge in [-0.1, -0.05) is 19.8 Å². The molecule has 2 nitrogen and oxygen atoms in total. The van der Waals surface area contributed by atoms with E-state index in [0.29, 0.717) is 17.7 Å². The van der Waals surface area contributed by atoms with E-state index in [-0.39, 0.29) is 0 Å². The summed E-state index contributed by atoms with van der Waals surface area (Å²) in [7, 11) is 0. The molecule has 2 heteroatoms. The van der Waals surface area contributed by atoms with E-state index < -0.39 is 0 Å². The molecule has 15 heavy (non-hydrogen) atoms. The van der Waals surface area contributed by atoms with Crippen LogP contribution in [0.1, 0.15) is 51.9 Å². The van der Waals surface area contributed by atoms with Crippen molar-refractivity contribution < 1.29 is 4.74 Å². The van der Waals surface area contributed by atoms with Gasteiger partial charge in [-0.3, -0.25) is 0 Å². The van der Waals surface area contributed by atoms with E-state index >= 15 is 0 Å². The van der Waals surface area contributed by atoms with Crippen LogP contribution in [-0.4, -0.2) is 24.3 Å². The van der Waals surface area contributed by atoms with Crippen molar-refractivity contribution in [2.75, 3.05) is 6.61 Å². The molecule has 86 valence electrons. The zero-order chi connectivity index (χ0) is 10.3. The number of hydrogen-bond acceptors (Lipinski definition) is 2. The summed E-state index contributed by atoms with van der Waals surface area (Å²) in [4.78, 5) is 0. The van der Waals surface area contributed by atoms with Crippen LogP contribution in [0.3, 0.4) is 0 Å². The monoisotopic (exact) mass is 209 g/mol. The lowest BCUT2D eigenvalue weighted by Crippen LogP contribution is -2.62. The van der Waals surface area contributed by atoms with E-state index in [4.69, 9.17) is 4.74 Å². The highest BCUT2D eigenvalue weighted by Crippen LogP contribution is 2.38. The fraction of sp³-hybridized carbons (Fsp3) is 1.00. The van der Waals surface area contributed by atoms with Gasteiger partial charge in [0, 0.05) is 11.6 Å². The average Bonchev–Trinajstić information content (AvgIpc) is 2.64.